The van der Waals surface area contributed by atoms with E-state index in [4.69, 9.17) is 12.2 Å². The minimum absolute atomic E-state index is 0.0185. The number of rotatable bonds is 7. The highest BCUT2D eigenvalue weighted by molar-refractivity contribution is 7.71. The number of hydrogen-bond donors (Lipinski definition) is 2. The molecule has 1 unspecified atom stereocenters. The minimum atomic E-state index is -0.0185. The average molecular weight is 418 g/mol. The second-order valence-electron chi connectivity index (χ2n) is 8.22. The maximum absolute atomic E-state index is 13.1. The van der Waals surface area contributed by atoms with Gasteiger partial charge in [0.15, 0.2) is 0 Å². The molecular formula is C19H23N5O2S2. The van der Waals surface area contributed by atoms with Crippen molar-refractivity contribution >= 4 is 35.2 Å². The number of carbonyl (C=O) groups is 2. The number of ketones is 1. The number of aryl methyl sites for hydroxylation is 1. The summed E-state index contributed by atoms with van der Waals surface area (Å²) in [6.45, 7) is 0.735. The van der Waals surface area contributed by atoms with Gasteiger partial charge in [-0.15, -0.1) is 11.3 Å². The molecule has 2 heterocycles. The lowest BCUT2D eigenvalue weighted by molar-refractivity contribution is -0.119. The maximum Gasteiger partial charge on any atom is 0.252 e. The zero-order valence-electron chi connectivity index (χ0n) is 15.6. The lowest BCUT2D eigenvalue weighted by Crippen LogP contribution is -2.28. The molecule has 0 saturated heterocycles. The zero-order chi connectivity index (χ0) is 19.3. The summed E-state index contributed by atoms with van der Waals surface area (Å²) in [7, 11) is 0. The van der Waals surface area contributed by atoms with Gasteiger partial charge in [-0.25, -0.2) is 4.68 Å². The van der Waals surface area contributed by atoms with E-state index in [2.05, 4.69) is 20.8 Å². The van der Waals surface area contributed by atoms with Crippen molar-refractivity contribution in [2.24, 2.45) is 11.8 Å². The number of H-pyrrole nitrogens is 1. The largest absolute Gasteiger partial charge is 0.352 e. The van der Waals surface area contributed by atoms with Crippen LogP contribution in [0.1, 0.15) is 63.8 Å². The number of thiophene rings is 1. The van der Waals surface area contributed by atoms with E-state index < -0.39 is 0 Å². The Bertz CT molecular complexity index is 983. The van der Waals surface area contributed by atoms with Crippen molar-refractivity contribution in [2.75, 3.05) is 6.54 Å². The third-order valence-electron chi connectivity index (χ3n) is 6.01. The van der Waals surface area contributed by atoms with E-state index in [0.717, 1.165) is 48.2 Å². The van der Waals surface area contributed by atoms with Gasteiger partial charge in [0.2, 0.25) is 4.77 Å². The van der Waals surface area contributed by atoms with Gasteiger partial charge >= 0.3 is 0 Å². The van der Waals surface area contributed by atoms with Crippen LogP contribution in [0.25, 0.3) is 0 Å². The van der Waals surface area contributed by atoms with Crippen LogP contribution >= 0.6 is 23.6 Å². The molecule has 0 radical (unpaired) electrons. The monoisotopic (exact) mass is 417 g/mol. The number of hydrogen-bond acceptors (Lipinski definition) is 6. The van der Waals surface area contributed by atoms with Gasteiger partial charge in [0, 0.05) is 28.6 Å². The number of amides is 1. The SMILES string of the molecule is O=C(NCC1CC1)c1c(CC(=O)C2CC2)sc2c1CC(n1[nH]nnc1=S)CC2. The molecule has 0 aliphatic heterocycles. The molecule has 2 aromatic heterocycles. The summed E-state index contributed by atoms with van der Waals surface area (Å²) in [6.07, 6.45) is 7.31. The van der Waals surface area contributed by atoms with Gasteiger partial charge in [-0.3, -0.25) is 9.59 Å². The van der Waals surface area contributed by atoms with E-state index in [1.807, 2.05) is 4.68 Å². The van der Waals surface area contributed by atoms with Crippen molar-refractivity contribution in [3.8, 4) is 0 Å². The van der Waals surface area contributed by atoms with E-state index in [-0.39, 0.29) is 23.7 Å². The molecule has 2 fully saturated rings. The van der Waals surface area contributed by atoms with E-state index in [1.54, 1.807) is 11.3 Å². The maximum atomic E-state index is 13.1. The van der Waals surface area contributed by atoms with Crippen LogP contribution in [0.2, 0.25) is 0 Å². The van der Waals surface area contributed by atoms with Crippen LogP contribution in [0.5, 0.6) is 0 Å². The molecule has 28 heavy (non-hydrogen) atoms. The Hall–Kier alpha value is -1.87. The predicted molar refractivity (Wildman–Crippen MR) is 107 cm³/mol. The van der Waals surface area contributed by atoms with Gasteiger partial charge in [0.1, 0.15) is 5.78 Å². The van der Waals surface area contributed by atoms with Crippen molar-refractivity contribution < 1.29 is 9.59 Å². The fraction of sp³-hybridized carbons (Fsp3) is 0.632. The minimum Gasteiger partial charge on any atom is -0.352 e. The molecular weight excluding hydrogens is 394 g/mol. The van der Waals surface area contributed by atoms with Crippen LogP contribution in [0.4, 0.5) is 0 Å². The standard InChI is InChI=1S/C19H23N5O2S2/c25-14(11-3-4-11)8-16-17(18(26)20-9-10-1-2-10)13-7-12(5-6-15(13)28-16)24-19(27)21-22-23-24/h10-12H,1-9H2,(H,20,26)(H,21,23,27). The molecule has 1 atom stereocenters. The van der Waals surface area contributed by atoms with Crippen LogP contribution in [0, 0.1) is 16.6 Å². The first-order chi connectivity index (χ1) is 13.6. The summed E-state index contributed by atoms with van der Waals surface area (Å²) in [5.74, 6) is 1.10. The molecule has 2 saturated carbocycles. The lowest BCUT2D eigenvalue weighted by Gasteiger charge is -2.23. The summed E-state index contributed by atoms with van der Waals surface area (Å²) in [5, 5.41) is 13.7. The normalized spacial score (nSPS) is 21.4. The molecule has 3 aliphatic carbocycles. The number of fused-ring (bicyclic) bond motifs is 1. The number of tetrazole rings is 1. The first-order valence-corrected chi connectivity index (χ1v) is 11.3. The molecule has 0 bridgehead atoms. The van der Waals surface area contributed by atoms with Gasteiger partial charge in [-0.1, -0.05) is 10.3 Å². The summed E-state index contributed by atoms with van der Waals surface area (Å²) >= 11 is 6.92. The van der Waals surface area contributed by atoms with Crippen molar-refractivity contribution in [2.45, 2.75) is 57.4 Å². The van der Waals surface area contributed by atoms with Gasteiger partial charge in [-0.05, 0) is 68.6 Å². The first-order valence-electron chi connectivity index (χ1n) is 10.0. The number of carbonyl (C=O) groups excluding carboxylic acids is 2. The summed E-state index contributed by atoms with van der Waals surface area (Å²) in [5.41, 5.74) is 1.84. The number of Topliss-reactive ketones (excluding diaryl/α,β-unsaturated/α-hetero) is 1. The highest BCUT2D eigenvalue weighted by atomic mass is 32.1. The van der Waals surface area contributed by atoms with E-state index in [1.165, 1.54) is 17.7 Å². The van der Waals surface area contributed by atoms with E-state index >= 15 is 0 Å². The summed E-state index contributed by atoms with van der Waals surface area (Å²) in [6, 6.07) is 0.117. The Balaban J connectivity index is 1.45. The molecule has 5 rings (SSSR count). The Morgan fingerprint density at radius 1 is 1.25 bits per heavy atom. The van der Waals surface area contributed by atoms with Gasteiger partial charge < -0.3 is 5.32 Å². The molecule has 2 aromatic rings. The van der Waals surface area contributed by atoms with Crippen LogP contribution in [0.15, 0.2) is 0 Å². The molecule has 1 amide bonds. The van der Waals surface area contributed by atoms with Crippen molar-refractivity contribution in [1.29, 1.82) is 0 Å². The highest BCUT2D eigenvalue weighted by Crippen LogP contribution is 2.40. The van der Waals surface area contributed by atoms with E-state index in [0.29, 0.717) is 23.5 Å². The predicted octanol–water partition coefficient (Wildman–Crippen LogP) is 2.79. The van der Waals surface area contributed by atoms with Gasteiger partial charge in [0.25, 0.3) is 5.91 Å². The topological polar surface area (TPSA) is 92.7 Å². The second kappa shape index (κ2) is 7.18. The molecule has 3 aliphatic rings. The van der Waals surface area contributed by atoms with Crippen LogP contribution in [-0.4, -0.2) is 38.4 Å². The number of aromatic amines is 1. The van der Waals surface area contributed by atoms with Gasteiger partial charge in [0.05, 0.1) is 11.6 Å². The van der Waals surface area contributed by atoms with Crippen molar-refractivity contribution in [3.05, 3.63) is 25.7 Å². The van der Waals surface area contributed by atoms with Gasteiger partial charge in [-0.2, -0.15) is 5.21 Å². The Labute approximate surface area is 171 Å². The third kappa shape index (κ3) is 3.57. The zero-order valence-corrected chi connectivity index (χ0v) is 17.2. The number of aromatic nitrogens is 4. The number of nitrogens with zero attached hydrogens (tertiary/aromatic N) is 3. The smallest absolute Gasteiger partial charge is 0.252 e. The summed E-state index contributed by atoms with van der Waals surface area (Å²) < 4.78 is 2.25. The Kier molecular flexibility index (Phi) is 4.66. The lowest BCUT2D eigenvalue weighted by atomic mass is 9.90. The second-order valence-corrected chi connectivity index (χ2v) is 9.78. The van der Waals surface area contributed by atoms with Crippen molar-refractivity contribution in [1.82, 2.24) is 25.5 Å². The van der Waals surface area contributed by atoms with Crippen molar-refractivity contribution in [3.63, 3.8) is 0 Å². The molecule has 0 aromatic carbocycles. The fourth-order valence-corrected chi connectivity index (χ4v) is 5.62. The Morgan fingerprint density at radius 2 is 2.07 bits per heavy atom. The quantitative estimate of drug-likeness (QED) is 0.676. The molecule has 148 valence electrons. The van der Waals surface area contributed by atoms with Crippen LogP contribution < -0.4 is 5.32 Å². The average Bonchev–Trinajstić information content (AvgIpc) is 3.60. The summed E-state index contributed by atoms with van der Waals surface area (Å²) in [4.78, 5) is 27.7. The van der Waals surface area contributed by atoms with Crippen LogP contribution in [0.3, 0.4) is 0 Å². The molecule has 9 heteroatoms. The fourth-order valence-electron chi connectivity index (χ4n) is 4.03. The molecule has 7 nitrogen and oxygen atoms in total. The first kappa shape index (κ1) is 18.2. The Morgan fingerprint density at radius 3 is 2.75 bits per heavy atom. The van der Waals surface area contributed by atoms with Crippen LogP contribution in [-0.2, 0) is 24.1 Å². The highest BCUT2D eigenvalue weighted by Gasteiger charge is 2.34. The molecule has 0 spiro atoms. The third-order valence-corrected chi connectivity index (χ3v) is 7.58. The van der Waals surface area contributed by atoms with E-state index in [9.17, 15) is 9.59 Å². The number of nitrogens with one attached hydrogen (secondary N) is 2. The molecule has 2 N–H and O–H groups in total.